The fourth-order valence-corrected chi connectivity index (χ4v) is 0.520. The fourth-order valence-electron chi connectivity index (χ4n) is 0.285. The van der Waals surface area contributed by atoms with Gasteiger partial charge in [0.25, 0.3) is 10.2 Å². The Balaban J connectivity index is -0.000000231. The number of hydrogen-bond acceptors (Lipinski definition) is 2. The molecule has 0 atom stereocenters. The van der Waals surface area contributed by atoms with Gasteiger partial charge >= 0.3 is 45.2 Å². The zero-order valence-corrected chi connectivity index (χ0v) is 12.7. The van der Waals surface area contributed by atoms with Crippen molar-refractivity contribution < 1.29 is 34.6 Å². The van der Waals surface area contributed by atoms with Crippen molar-refractivity contribution in [3.8, 4) is 0 Å². The zero-order valence-electron chi connectivity index (χ0n) is 10.0. The minimum Gasteiger partial charge on any atom is -0.325 e. The monoisotopic (exact) mass is 380 g/mol. The summed E-state index contributed by atoms with van der Waals surface area (Å²) in [6, 6.07) is 0. The van der Waals surface area contributed by atoms with Gasteiger partial charge in [-0.15, -0.1) is 0 Å². The smallest absolute Gasteiger partial charge is 0.303 e. The van der Waals surface area contributed by atoms with Gasteiger partial charge in [-0.2, -0.15) is 0 Å². The van der Waals surface area contributed by atoms with Crippen LogP contribution in [-0.4, -0.2) is 30.8 Å². The summed E-state index contributed by atoms with van der Waals surface area (Å²) in [5.74, 6) is 0.0417. The average molecular weight is 380 g/mol. The third-order valence-corrected chi connectivity index (χ3v) is 0.739. The molecule has 0 radical (unpaired) electrons. The first-order valence-corrected chi connectivity index (χ1v) is 7.36. The van der Waals surface area contributed by atoms with E-state index >= 15 is 0 Å². The van der Waals surface area contributed by atoms with Crippen LogP contribution in [0.2, 0.25) is 0 Å². The van der Waals surface area contributed by atoms with Gasteiger partial charge in [0.15, 0.2) is 0 Å². The molecule has 0 saturated carbocycles. The van der Waals surface area contributed by atoms with Gasteiger partial charge in [-0.05, 0) is 24.4 Å². The molecule has 8 nitrogen and oxygen atoms in total. The normalized spacial score (nSPS) is 12.7. The number of halogens is 6. The van der Waals surface area contributed by atoms with Gasteiger partial charge in [0.05, 0.1) is 0 Å². The Bertz CT molecular complexity index is 395. The molecule has 0 unspecified atom stereocenters. The molecule has 17 heteroatoms. The summed E-state index contributed by atoms with van der Waals surface area (Å²) in [4.78, 5) is 4.57. The van der Waals surface area contributed by atoms with Crippen LogP contribution in [0.5, 0.6) is 0 Å². The van der Waals surface area contributed by atoms with Crippen LogP contribution in [0.15, 0.2) is 0 Å². The summed E-state index contributed by atoms with van der Waals surface area (Å²) in [5, 5.41) is 0.167. The van der Waals surface area contributed by atoms with E-state index in [0.717, 1.165) is 0 Å². The van der Waals surface area contributed by atoms with Crippen molar-refractivity contribution in [3.05, 3.63) is 0 Å². The number of rotatable bonds is 0. The molecule has 0 aromatic heterocycles. The molecule has 0 aliphatic heterocycles. The number of thiocarbonyl (C=S) groups is 2. The third kappa shape index (κ3) is 126. The molecule has 0 aromatic rings. The molecule has 0 aliphatic carbocycles. The van der Waals surface area contributed by atoms with E-state index in [0.29, 0.717) is 0 Å². The first-order valence-electron chi connectivity index (χ1n) is 4.27. The van der Waals surface area contributed by atoms with Crippen molar-refractivity contribution in [2.24, 2.45) is 34.4 Å². The molecular weight excluding hydrogens is 366 g/mol. The Hall–Kier alpha value is -1.88. The van der Waals surface area contributed by atoms with E-state index in [9.17, 15) is 24.6 Å². The molecule has 0 fully saturated rings. The van der Waals surface area contributed by atoms with Crippen LogP contribution < -0.4 is 44.4 Å². The summed E-state index contributed by atoms with van der Waals surface area (Å²) in [6.07, 6.45) is 0. The molecule has 0 saturated heterocycles. The minimum absolute atomic E-state index is 0.0208. The number of hydrogen-bond donors (Lipinski definition) is 8. The molecule has 0 spiro atoms. The molecule has 0 rings (SSSR count). The van der Waals surface area contributed by atoms with Crippen molar-refractivity contribution in [1.29, 1.82) is 0 Å². The molecule has 0 aromatic carbocycles. The largest absolute Gasteiger partial charge is 0.325 e. The summed E-state index contributed by atoms with van der Waals surface area (Å²) in [7, 11) is -10.8. The maximum Gasteiger partial charge on any atom is 0.303 e. The predicted octanol–water partition coefficient (Wildman–Crippen LogP) is -4.69. The van der Waals surface area contributed by atoms with E-state index in [1.165, 1.54) is 0 Å². The van der Waals surface area contributed by atoms with Crippen LogP contribution in [0.1, 0.15) is 0 Å². The Morgan fingerprint density at radius 2 is 0.762 bits per heavy atom. The van der Waals surface area contributed by atoms with Gasteiger partial charge in [-0.25, -0.2) is 9.98 Å². The van der Waals surface area contributed by atoms with Crippen LogP contribution in [0.3, 0.4) is 0 Å². The summed E-state index contributed by atoms with van der Waals surface area (Å²) >= 11 is 8.72. The summed E-state index contributed by atoms with van der Waals surface area (Å²) in [6.45, 7) is 0. The SMILES string of the molecule is F[Si-2](F)(F)(F)(F)F.NC(=S)[NH+]=C(N)N.NC(=S)[NH+]=C(N)N. The van der Waals surface area contributed by atoms with Crippen LogP contribution in [0, 0.1) is 0 Å². The average Bonchev–Trinajstić information content (AvgIpc) is 1.90. The molecule has 0 aliphatic rings. The third-order valence-electron chi connectivity index (χ3n) is 0.535. The maximum atomic E-state index is 9.88. The van der Waals surface area contributed by atoms with E-state index < -0.39 is 8.63 Å². The zero-order chi connectivity index (χ0) is 18.1. The van der Waals surface area contributed by atoms with Crippen molar-refractivity contribution in [3.63, 3.8) is 0 Å². The molecule has 14 N–H and O–H groups in total. The Morgan fingerprint density at radius 1 is 0.619 bits per heavy atom. The van der Waals surface area contributed by atoms with E-state index in [-0.39, 0.29) is 22.1 Å². The number of nitrogens with one attached hydrogen (secondary N) is 2. The van der Waals surface area contributed by atoms with Gasteiger partial charge < -0.3 is 34.4 Å². The molecular formula is C4H14F6N8S2Si. The number of nitrogens with two attached hydrogens (primary N) is 6. The van der Waals surface area contributed by atoms with Crippen molar-refractivity contribution in [1.82, 2.24) is 0 Å². The van der Waals surface area contributed by atoms with E-state index in [4.69, 9.17) is 34.4 Å². The van der Waals surface area contributed by atoms with Crippen molar-refractivity contribution in [2.45, 2.75) is 0 Å². The van der Waals surface area contributed by atoms with E-state index in [1.54, 1.807) is 0 Å². The number of guanidine groups is 2. The van der Waals surface area contributed by atoms with Crippen molar-refractivity contribution >= 4 is 55.2 Å². The fraction of sp³-hybridized carbons (Fsp3) is 0. The molecule has 21 heavy (non-hydrogen) atoms. The van der Waals surface area contributed by atoms with Crippen LogP contribution in [0.4, 0.5) is 24.6 Å². The molecule has 128 valence electrons. The summed E-state index contributed by atoms with van der Waals surface area (Å²) in [5.41, 5.74) is 29.5. The Labute approximate surface area is 125 Å². The van der Waals surface area contributed by atoms with Crippen LogP contribution in [0.25, 0.3) is 0 Å². The van der Waals surface area contributed by atoms with E-state index in [2.05, 4.69) is 34.4 Å². The van der Waals surface area contributed by atoms with Gasteiger partial charge in [0.2, 0.25) is 0 Å². The van der Waals surface area contributed by atoms with Crippen LogP contribution in [-0.2, 0) is 0 Å². The van der Waals surface area contributed by atoms with Gasteiger partial charge in [-0.3, -0.25) is 0 Å². The molecule has 0 amide bonds. The Morgan fingerprint density at radius 3 is 0.762 bits per heavy atom. The Kier molecular flexibility index (Phi) is 8.30. The second kappa shape index (κ2) is 7.22. The predicted molar refractivity (Wildman–Crippen MR) is 74.7 cm³/mol. The maximum absolute atomic E-state index is 10.8. The van der Waals surface area contributed by atoms with Crippen molar-refractivity contribution in [2.75, 3.05) is 0 Å². The van der Waals surface area contributed by atoms with Gasteiger partial charge in [0.1, 0.15) is 0 Å². The second-order valence-electron chi connectivity index (χ2n) is 2.96. The quantitative estimate of drug-likeness (QED) is 0.0514. The summed E-state index contributed by atoms with van der Waals surface area (Å²) < 4.78 is 59.3. The van der Waals surface area contributed by atoms with E-state index in [1.807, 2.05) is 0 Å². The second-order valence-corrected chi connectivity index (χ2v) is 5.98. The minimum atomic E-state index is -10.8. The standard InChI is InChI=1S/2C2H6N4S.F6Si/c2*3-1(4)6-2(5)7;1-7(2,3,4,5)6/h2*(H6,3,4,5,6,7);/q;;-2/p+2. The van der Waals surface area contributed by atoms with Gasteiger partial charge in [0, 0.05) is 0 Å². The van der Waals surface area contributed by atoms with Gasteiger partial charge in [-0.1, -0.05) is 0 Å². The molecule has 0 bridgehead atoms. The van der Waals surface area contributed by atoms with Crippen LogP contribution >= 0.6 is 24.4 Å². The topological polar surface area (TPSA) is 184 Å². The first-order chi connectivity index (χ1) is 8.70. The molecule has 0 heterocycles. The first kappa shape index (κ1) is 24.2.